The smallest absolute Gasteiger partial charge is 0.0714 e. The molecule has 62 heavy (non-hydrogen) atoms. The molecule has 12 rings (SSSR count). The van der Waals surface area contributed by atoms with Gasteiger partial charge in [-0.2, -0.15) is 0 Å². The first-order valence-electron chi connectivity index (χ1n) is 21.5. The fourth-order valence-corrected chi connectivity index (χ4v) is 10.2. The van der Waals surface area contributed by atoms with Gasteiger partial charge in [-0.3, -0.25) is 0 Å². The van der Waals surface area contributed by atoms with E-state index in [-0.39, 0.29) is 0 Å². The molecule has 1 heteroatoms. The molecule has 0 aliphatic heterocycles. The van der Waals surface area contributed by atoms with E-state index in [4.69, 9.17) is 0 Å². The van der Waals surface area contributed by atoms with E-state index in [1.54, 1.807) is 0 Å². The minimum absolute atomic E-state index is 0.485. The Labute approximate surface area is 362 Å². The number of nitrogens with zero attached hydrogens (tertiary/aromatic N) is 1. The second-order valence-corrected chi connectivity index (χ2v) is 16.4. The molecule has 0 amide bonds. The van der Waals surface area contributed by atoms with Crippen LogP contribution >= 0.6 is 0 Å². The number of hydrogen-bond acceptors (Lipinski definition) is 0. The van der Waals surface area contributed by atoms with E-state index < -0.39 is 5.41 Å². The van der Waals surface area contributed by atoms with Gasteiger partial charge < -0.3 is 4.57 Å². The van der Waals surface area contributed by atoms with E-state index in [9.17, 15) is 0 Å². The van der Waals surface area contributed by atoms with Crippen molar-refractivity contribution in [3.63, 3.8) is 0 Å². The quantitative estimate of drug-likeness (QED) is 0.152. The summed E-state index contributed by atoms with van der Waals surface area (Å²) in [6.45, 7) is 0. The third kappa shape index (κ3) is 5.70. The van der Waals surface area contributed by atoms with Crippen molar-refractivity contribution in [2.75, 3.05) is 0 Å². The highest BCUT2D eigenvalue weighted by Gasteiger charge is 2.46. The molecule has 0 N–H and O–H groups in total. The van der Waals surface area contributed by atoms with Gasteiger partial charge >= 0.3 is 0 Å². The number of benzene rings is 10. The molecule has 11 aromatic rings. The van der Waals surface area contributed by atoms with Crippen molar-refractivity contribution in [3.05, 3.63) is 271 Å². The van der Waals surface area contributed by atoms with Gasteiger partial charge in [-0.1, -0.05) is 212 Å². The van der Waals surface area contributed by atoms with Crippen molar-refractivity contribution in [3.8, 4) is 61.3 Å². The first-order valence-corrected chi connectivity index (χ1v) is 21.5. The summed E-state index contributed by atoms with van der Waals surface area (Å²) in [6.07, 6.45) is 0. The van der Waals surface area contributed by atoms with Crippen LogP contribution in [-0.4, -0.2) is 4.57 Å². The molecule has 0 radical (unpaired) electrons. The summed E-state index contributed by atoms with van der Waals surface area (Å²) in [5.41, 5.74) is 20.4. The highest BCUT2D eigenvalue weighted by molar-refractivity contribution is 6.12. The average Bonchev–Trinajstić information content (AvgIpc) is 3.85. The molecular weight excluding hydrogens is 747 g/mol. The topological polar surface area (TPSA) is 4.93 Å². The van der Waals surface area contributed by atoms with Gasteiger partial charge in [0, 0.05) is 16.5 Å². The first kappa shape index (κ1) is 35.9. The van der Waals surface area contributed by atoms with Gasteiger partial charge in [0.25, 0.3) is 0 Å². The highest BCUT2D eigenvalue weighted by Crippen LogP contribution is 2.56. The van der Waals surface area contributed by atoms with Crippen LogP contribution in [-0.2, 0) is 5.41 Å². The zero-order valence-corrected chi connectivity index (χ0v) is 34.1. The summed E-state index contributed by atoms with van der Waals surface area (Å²) in [6, 6.07) is 91.5. The number of aromatic nitrogens is 1. The van der Waals surface area contributed by atoms with E-state index in [2.05, 4.69) is 253 Å². The van der Waals surface area contributed by atoms with Gasteiger partial charge in [-0.25, -0.2) is 0 Å². The Kier molecular flexibility index (Phi) is 8.47. The van der Waals surface area contributed by atoms with E-state index in [0.29, 0.717) is 0 Å². The molecule has 1 heterocycles. The Morgan fingerprint density at radius 1 is 0.258 bits per heavy atom. The van der Waals surface area contributed by atoms with Crippen LogP contribution in [0, 0.1) is 0 Å². The number of hydrogen-bond donors (Lipinski definition) is 0. The summed E-state index contributed by atoms with van der Waals surface area (Å²) in [5.74, 6) is 0. The monoisotopic (exact) mass is 787 g/mol. The molecule has 0 spiro atoms. The van der Waals surface area contributed by atoms with Gasteiger partial charge in [0.2, 0.25) is 0 Å². The Morgan fingerprint density at radius 2 is 0.629 bits per heavy atom. The lowest BCUT2D eigenvalue weighted by atomic mass is 9.67. The van der Waals surface area contributed by atoms with Crippen molar-refractivity contribution in [2.45, 2.75) is 5.41 Å². The molecule has 1 aliphatic rings. The van der Waals surface area contributed by atoms with E-state index in [0.717, 1.165) is 5.69 Å². The second kappa shape index (κ2) is 14.6. The maximum Gasteiger partial charge on any atom is 0.0714 e. The van der Waals surface area contributed by atoms with Gasteiger partial charge in [0.15, 0.2) is 0 Å². The van der Waals surface area contributed by atoms with Gasteiger partial charge in [-0.05, 0) is 114 Å². The predicted molar refractivity (Wildman–Crippen MR) is 260 cm³/mol. The predicted octanol–water partition coefficient (Wildman–Crippen LogP) is 15.8. The van der Waals surface area contributed by atoms with Gasteiger partial charge in [-0.15, -0.1) is 0 Å². The summed E-state index contributed by atoms with van der Waals surface area (Å²) in [4.78, 5) is 0. The Hall–Kier alpha value is -8.00. The molecule has 0 fully saturated rings. The molecule has 0 saturated heterocycles. The number of fused-ring (bicyclic) bond motifs is 6. The van der Waals surface area contributed by atoms with Crippen molar-refractivity contribution in [2.24, 2.45) is 0 Å². The normalized spacial score (nSPS) is 12.6. The third-order valence-corrected chi connectivity index (χ3v) is 13.1. The van der Waals surface area contributed by atoms with E-state index in [1.165, 1.54) is 99.7 Å². The summed E-state index contributed by atoms with van der Waals surface area (Å²) in [5, 5.41) is 2.46. The molecule has 0 saturated carbocycles. The van der Waals surface area contributed by atoms with Crippen molar-refractivity contribution >= 4 is 21.8 Å². The molecule has 0 atom stereocenters. The Morgan fingerprint density at radius 3 is 1.11 bits per heavy atom. The van der Waals surface area contributed by atoms with Crippen LogP contribution in [0.15, 0.2) is 249 Å². The standard InChI is InChI=1S/C61H41N/c1-5-15-42(16-6-1)44-25-29-46(30-26-44)48-33-37-59-55(39-48)56-40-49(47-31-27-45(28-32-47)43-17-7-2-8-18-43)34-38-60(56)62(59)52-35-36-54-53-23-13-14-24-57(53)61(58(54)41-52,50-19-9-3-10-20-50)51-21-11-4-12-22-51/h1-41H. The zero-order chi connectivity index (χ0) is 41.0. The largest absolute Gasteiger partial charge is 0.309 e. The van der Waals surface area contributed by atoms with Gasteiger partial charge in [0.1, 0.15) is 0 Å². The lowest BCUT2D eigenvalue weighted by Crippen LogP contribution is -2.28. The first-order chi connectivity index (χ1) is 30.7. The Bertz CT molecular complexity index is 3220. The molecule has 0 bridgehead atoms. The Balaban J connectivity index is 1.06. The van der Waals surface area contributed by atoms with Crippen molar-refractivity contribution in [1.82, 2.24) is 4.57 Å². The second-order valence-electron chi connectivity index (χ2n) is 16.4. The third-order valence-electron chi connectivity index (χ3n) is 13.1. The van der Waals surface area contributed by atoms with Crippen molar-refractivity contribution < 1.29 is 0 Å². The fraction of sp³-hybridized carbons (Fsp3) is 0.0164. The van der Waals surface area contributed by atoms with Crippen molar-refractivity contribution in [1.29, 1.82) is 0 Å². The molecule has 1 aliphatic carbocycles. The zero-order valence-electron chi connectivity index (χ0n) is 34.1. The molecule has 1 aromatic heterocycles. The molecule has 1 nitrogen and oxygen atoms in total. The van der Waals surface area contributed by atoms with Crippen LogP contribution in [0.5, 0.6) is 0 Å². The minimum atomic E-state index is -0.485. The molecule has 290 valence electrons. The minimum Gasteiger partial charge on any atom is -0.309 e. The lowest BCUT2D eigenvalue weighted by molar-refractivity contribution is 0.767. The van der Waals surface area contributed by atoms with Crippen LogP contribution in [0.1, 0.15) is 22.3 Å². The molecular formula is C61H41N. The average molecular weight is 788 g/mol. The molecule has 10 aromatic carbocycles. The maximum atomic E-state index is 2.49. The van der Waals surface area contributed by atoms with Crippen LogP contribution in [0.4, 0.5) is 0 Å². The molecule has 0 unspecified atom stereocenters. The lowest BCUT2D eigenvalue weighted by Gasteiger charge is -2.34. The van der Waals surface area contributed by atoms with Crippen LogP contribution in [0.25, 0.3) is 83.1 Å². The highest BCUT2D eigenvalue weighted by atomic mass is 15.0. The maximum absolute atomic E-state index is 2.49. The summed E-state index contributed by atoms with van der Waals surface area (Å²) in [7, 11) is 0. The summed E-state index contributed by atoms with van der Waals surface area (Å²) < 4.78 is 2.49. The van der Waals surface area contributed by atoms with Crippen LogP contribution < -0.4 is 0 Å². The van der Waals surface area contributed by atoms with Crippen LogP contribution in [0.2, 0.25) is 0 Å². The van der Waals surface area contributed by atoms with Gasteiger partial charge in [0.05, 0.1) is 16.4 Å². The SMILES string of the molecule is c1ccc(-c2ccc(-c3ccc4c(c3)c3cc(-c5ccc(-c6ccccc6)cc5)ccc3n4-c3ccc4c(c3)C(c3ccccc3)(c3ccccc3)c3ccccc3-4)cc2)cc1. The summed E-state index contributed by atoms with van der Waals surface area (Å²) >= 11 is 0. The number of rotatable bonds is 7. The van der Waals surface area contributed by atoms with E-state index in [1.807, 2.05) is 0 Å². The van der Waals surface area contributed by atoms with E-state index >= 15 is 0 Å². The fourth-order valence-electron chi connectivity index (χ4n) is 10.2. The van der Waals surface area contributed by atoms with Crippen LogP contribution in [0.3, 0.4) is 0 Å².